The topological polar surface area (TPSA) is 92.5 Å². The van der Waals surface area contributed by atoms with Crippen molar-refractivity contribution in [3.8, 4) is 34.0 Å². The number of carbonyl (C=O) groups is 1. The maximum Gasteiger partial charge on any atom is 0.365 e. The second-order valence-electron chi connectivity index (χ2n) is 6.42. The van der Waals surface area contributed by atoms with Crippen LogP contribution in [0.1, 0.15) is 19.9 Å². The lowest BCUT2D eigenvalue weighted by molar-refractivity contribution is -0.147. The molecule has 8 heteroatoms. The number of ether oxygens (including phenoxy) is 3. The molecule has 1 heterocycles. The third-order valence-corrected chi connectivity index (χ3v) is 4.56. The van der Waals surface area contributed by atoms with E-state index in [1.807, 2.05) is 12.1 Å². The van der Waals surface area contributed by atoms with Crippen molar-refractivity contribution in [3.05, 3.63) is 59.0 Å². The zero-order valence-corrected chi connectivity index (χ0v) is 17.3. The van der Waals surface area contributed by atoms with Crippen molar-refractivity contribution >= 4 is 5.97 Å². The van der Waals surface area contributed by atoms with Crippen molar-refractivity contribution in [2.45, 2.75) is 19.9 Å². The Bertz CT molecular complexity index is 1080. The molecule has 0 bridgehead atoms. The van der Waals surface area contributed by atoms with Gasteiger partial charge in [-0.2, -0.15) is 14.8 Å². The number of carbonyl (C=O) groups excluding carboxylic acids is 1. The zero-order chi connectivity index (χ0) is 21.7. The Labute approximate surface area is 174 Å². The fourth-order valence-corrected chi connectivity index (χ4v) is 2.91. The van der Waals surface area contributed by atoms with Crippen molar-refractivity contribution in [1.82, 2.24) is 14.8 Å². The maximum absolute atomic E-state index is 12.7. The van der Waals surface area contributed by atoms with E-state index in [-0.39, 0.29) is 6.61 Å². The van der Waals surface area contributed by atoms with Crippen molar-refractivity contribution in [2.24, 2.45) is 0 Å². The van der Waals surface area contributed by atoms with Crippen molar-refractivity contribution < 1.29 is 19.0 Å². The first-order valence-corrected chi connectivity index (χ1v) is 9.44. The molecule has 1 unspecified atom stereocenters. The fourth-order valence-electron chi connectivity index (χ4n) is 2.91. The van der Waals surface area contributed by atoms with Crippen molar-refractivity contribution in [3.63, 3.8) is 0 Å². The SMILES string of the molecule is CCOC(=O)C(C)n1nc(-c2ccc(OC)cc2)c(-c2ccc(OC)cc2)nc1=O. The molecule has 0 fully saturated rings. The highest BCUT2D eigenvalue weighted by Crippen LogP contribution is 2.30. The van der Waals surface area contributed by atoms with E-state index in [0.29, 0.717) is 28.5 Å². The van der Waals surface area contributed by atoms with Gasteiger partial charge in [-0.25, -0.2) is 9.59 Å². The molecule has 0 spiro atoms. The van der Waals surface area contributed by atoms with Gasteiger partial charge < -0.3 is 14.2 Å². The number of hydrogen-bond acceptors (Lipinski definition) is 7. The van der Waals surface area contributed by atoms with Gasteiger partial charge in [0.1, 0.15) is 22.9 Å². The second-order valence-corrected chi connectivity index (χ2v) is 6.42. The average Bonchev–Trinajstić information content (AvgIpc) is 2.78. The van der Waals surface area contributed by atoms with E-state index in [2.05, 4.69) is 10.1 Å². The van der Waals surface area contributed by atoms with Crippen molar-refractivity contribution in [1.29, 1.82) is 0 Å². The van der Waals surface area contributed by atoms with Gasteiger partial charge in [0.15, 0.2) is 6.04 Å². The fraction of sp³-hybridized carbons (Fsp3) is 0.273. The summed E-state index contributed by atoms with van der Waals surface area (Å²) in [6, 6.07) is 13.5. The number of esters is 1. The number of hydrogen-bond donors (Lipinski definition) is 0. The summed E-state index contributed by atoms with van der Waals surface area (Å²) in [5.41, 5.74) is 1.64. The predicted octanol–water partition coefficient (Wildman–Crippen LogP) is 3.11. The summed E-state index contributed by atoms with van der Waals surface area (Å²) in [4.78, 5) is 29.1. The van der Waals surface area contributed by atoms with E-state index < -0.39 is 17.7 Å². The van der Waals surface area contributed by atoms with Gasteiger partial charge in [-0.3, -0.25) is 0 Å². The average molecular weight is 409 g/mol. The number of aromatic nitrogens is 3. The zero-order valence-electron chi connectivity index (χ0n) is 17.3. The molecule has 8 nitrogen and oxygen atoms in total. The smallest absolute Gasteiger partial charge is 0.365 e. The summed E-state index contributed by atoms with van der Waals surface area (Å²) in [5.74, 6) is 0.819. The Balaban J connectivity index is 2.18. The lowest BCUT2D eigenvalue weighted by Gasteiger charge is -2.16. The highest BCUT2D eigenvalue weighted by atomic mass is 16.5. The lowest BCUT2D eigenvalue weighted by atomic mass is 10.0. The number of benzene rings is 2. The Morgan fingerprint density at radius 3 is 1.90 bits per heavy atom. The first-order valence-electron chi connectivity index (χ1n) is 9.44. The van der Waals surface area contributed by atoms with E-state index in [1.54, 1.807) is 64.5 Å². The predicted molar refractivity (Wildman–Crippen MR) is 112 cm³/mol. The summed E-state index contributed by atoms with van der Waals surface area (Å²) in [7, 11) is 3.16. The van der Waals surface area contributed by atoms with Gasteiger partial charge in [0, 0.05) is 11.1 Å². The number of methoxy groups -OCH3 is 2. The van der Waals surface area contributed by atoms with Gasteiger partial charge in [0.05, 0.1) is 20.8 Å². The monoisotopic (exact) mass is 409 g/mol. The summed E-state index contributed by atoms with van der Waals surface area (Å²) in [5, 5.41) is 4.49. The first kappa shape index (κ1) is 21.0. The molecule has 0 aliphatic rings. The van der Waals surface area contributed by atoms with Gasteiger partial charge in [-0.15, -0.1) is 0 Å². The molecule has 0 aliphatic heterocycles. The molecule has 0 aliphatic carbocycles. The molecule has 3 aromatic rings. The molecular formula is C22H23N3O5. The highest BCUT2D eigenvalue weighted by molar-refractivity contribution is 5.78. The number of nitrogens with zero attached hydrogens (tertiary/aromatic N) is 3. The van der Waals surface area contributed by atoms with Gasteiger partial charge in [0.25, 0.3) is 0 Å². The van der Waals surface area contributed by atoms with Crippen LogP contribution in [0.25, 0.3) is 22.5 Å². The molecule has 0 N–H and O–H groups in total. The van der Waals surface area contributed by atoms with Crippen LogP contribution in [-0.4, -0.2) is 41.6 Å². The quantitative estimate of drug-likeness (QED) is 0.554. The van der Waals surface area contributed by atoms with Crippen LogP contribution < -0.4 is 15.2 Å². The molecule has 156 valence electrons. The van der Waals surface area contributed by atoms with E-state index in [1.165, 1.54) is 0 Å². The maximum atomic E-state index is 12.7. The van der Waals surface area contributed by atoms with E-state index in [0.717, 1.165) is 10.2 Å². The van der Waals surface area contributed by atoms with Crippen LogP contribution in [-0.2, 0) is 9.53 Å². The molecule has 30 heavy (non-hydrogen) atoms. The van der Waals surface area contributed by atoms with E-state index >= 15 is 0 Å². The van der Waals surface area contributed by atoms with Crippen LogP contribution >= 0.6 is 0 Å². The molecule has 0 saturated carbocycles. The molecule has 1 aromatic heterocycles. The Morgan fingerprint density at radius 2 is 1.43 bits per heavy atom. The minimum absolute atomic E-state index is 0.209. The van der Waals surface area contributed by atoms with Crippen molar-refractivity contribution in [2.75, 3.05) is 20.8 Å². The molecule has 0 radical (unpaired) electrons. The molecule has 0 saturated heterocycles. The summed E-state index contributed by atoms with van der Waals surface area (Å²) in [6.45, 7) is 3.47. The third kappa shape index (κ3) is 4.32. The van der Waals surface area contributed by atoms with Crippen LogP contribution in [0.4, 0.5) is 0 Å². The summed E-state index contributed by atoms with van der Waals surface area (Å²) >= 11 is 0. The Morgan fingerprint density at radius 1 is 0.933 bits per heavy atom. The highest BCUT2D eigenvalue weighted by Gasteiger charge is 2.22. The van der Waals surface area contributed by atoms with Gasteiger partial charge >= 0.3 is 11.7 Å². The first-order chi connectivity index (χ1) is 14.5. The van der Waals surface area contributed by atoms with Crippen LogP contribution in [0.2, 0.25) is 0 Å². The molecule has 0 amide bonds. The third-order valence-electron chi connectivity index (χ3n) is 4.56. The largest absolute Gasteiger partial charge is 0.497 e. The lowest BCUT2D eigenvalue weighted by Crippen LogP contribution is -2.34. The Hall–Kier alpha value is -3.68. The molecule has 2 aromatic carbocycles. The molecule has 1 atom stereocenters. The second kappa shape index (κ2) is 9.21. The van der Waals surface area contributed by atoms with Crippen LogP contribution in [0.3, 0.4) is 0 Å². The van der Waals surface area contributed by atoms with Gasteiger partial charge in [-0.05, 0) is 62.4 Å². The normalized spacial score (nSPS) is 11.6. The summed E-state index contributed by atoms with van der Waals surface area (Å²) in [6.07, 6.45) is 0. The van der Waals surface area contributed by atoms with Gasteiger partial charge in [-0.1, -0.05) is 0 Å². The number of rotatable bonds is 7. The van der Waals surface area contributed by atoms with E-state index in [9.17, 15) is 9.59 Å². The minimum Gasteiger partial charge on any atom is -0.497 e. The summed E-state index contributed by atoms with van der Waals surface area (Å²) < 4.78 is 16.5. The van der Waals surface area contributed by atoms with Gasteiger partial charge in [0.2, 0.25) is 0 Å². The molecular weight excluding hydrogens is 386 g/mol. The Kier molecular flexibility index (Phi) is 6.46. The van der Waals surface area contributed by atoms with Crippen LogP contribution in [0, 0.1) is 0 Å². The van der Waals surface area contributed by atoms with Crippen LogP contribution in [0.5, 0.6) is 11.5 Å². The minimum atomic E-state index is -0.910. The van der Waals surface area contributed by atoms with Crippen LogP contribution in [0.15, 0.2) is 53.3 Å². The molecule has 3 rings (SSSR count). The standard InChI is InChI=1S/C22H23N3O5/c1-5-30-21(26)14(2)25-22(27)23-19(15-6-10-17(28-3)11-7-15)20(24-25)16-8-12-18(29-4)13-9-16/h6-14H,5H2,1-4H3. The van der Waals surface area contributed by atoms with E-state index in [4.69, 9.17) is 14.2 Å².